The highest BCUT2D eigenvalue weighted by atomic mass is 32.2. The van der Waals surface area contributed by atoms with Crippen LogP contribution in [-0.4, -0.2) is 40.0 Å². The number of thioether (sulfide) groups is 1. The number of anilines is 1. The molecule has 1 aromatic carbocycles. The Kier molecular flexibility index (Phi) is 5.30. The summed E-state index contributed by atoms with van der Waals surface area (Å²) in [5, 5.41) is 8.75. The summed E-state index contributed by atoms with van der Waals surface area (Å²) in [7, 11) is 1.62. The standard InChI is InChI=1S/C20H24N4O3S/c1-4-27-16-11-12(9-10-15(16)26-3)18-17-13(7-6-8-14(17)25)21-19-22-20(28-5-2)23-24(18)19/h9-11,18H,4-8H2,1-3H3,(H,21,22,23). The summed E-state index contributed by atoms with van der Waals surface area (Å²) < 4.78 is 13.0. The van der Waals surface area contributed by atoms with Gasteiger partial charge in [0.1, 0.15) is 6.04 Å². The Hall–Kier alpha value is -2.48. The summed E-state index contributed by atoms with van der Waals surface area (Å²) >= 11 is 1.59. The SMILES string of the molecule is CCOc1cc(C2C3=C(CCCC3=O)Nc3nc(SCC)nn32)ccc1OC. The number of allylic oxidation sites excluding steroid dienone is 2. The van der Waals surface area contributed by atoms with Gasteiger partial charge in [0.05, 0.1) is 13.7 Å². The molecule has 0 radical (unpaired) electrons. The van der Waals surface area contributed by atoms with Crippen LogP contribution in [0, 0.1) is 0 Å². The predicted octanol–water partition coefficient (Wildman–Crippen LogP) is 3.82. The molecule has 1 aromatic heterocycles. The molecule has 8 heteroatoms. The van der Waals surface area contributed by atoms with E-state index in [1.807, 2.05) is 29.8 Å². The van der Waals surface area contributed by atoms with Crippen molar-refractivity contribution >= 4 is 23.5 Å². The first-order chi connectivity index (χ1) is 13.7. The van der Waals surface area contributed by atoms with Crippen molar-refractivity contribution in [1.29, 1.82) is 0 Å². The van der Waals surface area contributed by atoms with Gasteiger partial charge in [-0.05, 0) is 43.2 Å². The molecule has 0 bridgehead atoms. The molecule has 2 aromatic rings. The zero-order valence-electron chi connectivity index (χ0n) is 16.3. The molecule has 0 spiro atoms. The van der Waals surface area contributed by atoms with E-state index >= 15 is 0 Å². The minimum Gasteiger partial charge on any atom is -0.493 e. The van der Waals surface area contributed by atoms with Crippen molar-refractivity contribution in [3.63, 3.8) is 0 Å². The molecule has 2 heterocycles. The first-order valence-corrected chi connectivity index (χ1v) is 10.6. The van der Waals surface area contributed by atoms with Gasteiger partial charge >= 0.3 is 0 Å². The number of Topliss-reactive ketones (excluding diaryl/α,β-unsaturated/α-hetero) is 1. The fourth-order valence-electron chi connectivity index (χ4n) is 3.77. The van der Waals surface area contributed by atoms with E-state index in [-0.39, 0.29) is 11.8 Å². The molecule has 1 atom stereocenters. The number of nitrogens with zero attached hydrogens (tertiary/aromatic N) is 3. The Morgan fingerprint density at radius 3 is 2.89 bits per heavy atom. The molecule has 7 nitrogen and oxygen atoms in total. The zero-order chi connectivity index (χ0) is 19.7. The largest absolute Gasteiger partial charge is 0.493 e. The molecule has 0 amide bonds. The summed E-state index contributed by atoms with van der Waals surface area (Å²) in [6.07, 6.45) is 2.26. The van der Waals surface area contributed by atoms with Gasteiger partial charge in [-0.3, -0.25) is 4.79 Å². The van der Waals surface area contributed by atoms with Crippen molar-refractivity contribution < 1.29 is 14.3 Å². The number of aromatic nitrogens is 3. The van der Waals surface area contributed by atoms with Crippen LogP contribution in [0.4, 0.5) is 5.95 Å². The lowest BCUT2D eigenvalue weighted by molar-refractivity contribution is -0.116. The maximum Gasteiger partial charge on any atom is 0.227 e. The number of nitrogens with one attached hydrogen (secondary N) is 1. The lowest BCUT2D eigenvalue weighted by atomic mass is 9.85. The number of fused-ring (bicyclic) bond motifs is 1. The number of hydrogen-bond donors (Lipinski definition) is 1. The van der Waals surface area contributed by atoms with Crippen LogP contribution in [0.15, 0.2) is 34.6 Å². The molecule has 1 N–H and O–H groups in total. The Balaban J connectivity index is 1.86. The zero-order valence-corrected chi connectivity index (χ0v) is 17.1. The smallest absolute Gasteiger partial charge is 0.227 e. The number of methoxy groups -OCH3 is 1. The van der Waals surface area contributed by atoms with E-state index in [4.69, 9.17) is 9.47 Å². The molecule has 1 unspecified atom stereocenters. The van der Waals surface area contributed by atoms with Crippen molar-refractivity contribution in [1.82, 2.24) is 14.8 Å². The van der Waals surface area contributed by atoms with Crippen LogP contribution in [0.25, 0.3) is 0 Å². The second kappa shape index (κ2) is 7.87. The molecule has 0 saturated heterocycles. The fourth-order valence-corrected chi connectivity index (χ4v) is 4.32. The van der Waals surface area contributed by atoms with Crippen molar-refractivity contribution in [2.24, 2.45) is 0 Å². The van der Waals surface area contributed by atoms with Gasteiger partial charge in [0, 0.05) is 17.7 Å². The molecule has 1 aliphatic carbocycles. The van der Waals surface area contributed by atoms with Crippen LogP contribution >= 0.6 is 11.8 Å². The van der Waals surface area contributed by atoms with Crippen molar-refractivity contribution in [2.75, 3.05) is 24.8 Å². The number of benzene rings is 1. The minimum atomic E-state index is -0.317. The highest BCUT2D eigenvalue weighted by Gasteiger charge is 2.37. The fraction of sp³-hybridized carbons (Fsp3) is 0.450. The van der Waals surface area contributed by atoms with Gasteiger partial charge in [-0.2, -0.15) is 4.98 Å². The highest BCUT2D eigenvalue weighted by molar-refractivity contribution is 7.99. The van der Waals surface area contributed by atoms with Crippen LogP contribution in [0.2, 0.25) is 0 Å². The summed E-state index contributed by atoms with van der Waals surface area (Å²) in [4.78, 5) is 17.5. The van der Waals surface area contributed by atoms with Crippen molar-refractivity contribution in [3.8, 4) is 11.5 Å². The molecule has 0 saturated carbocycles. The van der Waals surface area contributed by atoms with E-state index < -0.39 is 0 Å². The molecular weight excluding hydrogens is 376 g/mol. The first-order valence-electron chi connectivity index (χ1n) is 9.59. The number of ketones is 1. The van der Waals surface area contributed by atoms with Gasteiger partial charge in [0.25, 0.3) is 0 Å². The van der Waals surface area contributed by atoms with E-state index in [1.54, 1.807) is 18.9 Å². The molecule has 2 aliphatic rings. The van der Waals surface area contributed by atoms with Gasteiger partial charge in [-0.1, -0.05) is 24.8 Å². The van der Waals surface area contributed by atoms with Crippen molar-refractivity contribution in [2.45, 2.75) is 44.3 Å². The van der Waals surface area contributed by atoms with E-state index in [9.17, 15) is 4.79 Å². The summed E-state index contributed by atoms with van der Waals surface area (Å²) in [6, 6.07) is 5.49. The number of carbonyl (C=O) groups excluding carboxylic acids is 1. The summed E-state index contributed by atoms with van der Waals surface area (Å²) in [6.45, 7) is 4.54. The van der Waals surface area contributed by atoms with Crippen LogP contribution in [0.3, 0.4) is 0 Å². The molecule has 4 rings (SSSR count). The summed E-state index contributed by atoms with van der Waals surface area (Å²) in [5.74, 6) is 3.07. The minimum absolute atomic E-state index is 0.165. The number of ether oxygens (including phenoxy) is 2. The van der Waals surface area contributed by atoms with E-state index in [1.165, 1.54) is 0 Å². The maximum absolute atomic E-state index is 12.9. The van der Waals surface area contributed by atoms with Gasteiger partial charge in [-0.15, -0.1) is 5.10 Å². The Labute approximate surface area is 168 Å². The molecule has 28 heavy (non-hydrogen) atoms. The third-order valence-corrected chi connectivity index (χ3v) is 5.65. The van der Waals surface area contributed by atoms with Crippen LogP contribution < -0.4 is 14.8 Å². The van der Waals surface area contributed by atoms with Gasteiger partial charge in [-0.25, -0.2) is 4.68 Å². The molecule has 148 valence electrons. The monoisotopic (exact) mass is 400 g/mol. The third kappa shape index (κ3) is 3.26. The van der Waals surface area contributed by atoms with Crippen LogP contribution in [0.1, 0.15) is 44.7 Å². The van der Waals surface area contributed by atoms with Crippen LogP contribution in [-0.2, 0) is 4.79 Å². The predicted molar refractivity (Wildman–Crippen MR) is 108 cm³/mol. The molecular formula is C20H24N4O3S. The normalized spacial score (nSPS) is 18.4. The Morgan fingerprint density at radius 1 is 1.29 bits per heavy atom. The van der Waals surface area contributed by atoms with Gasteiger partial charge in [0.15, 0.2) is 17.3 Å². The lowest BCUT2D eigenvalue weighted by Gasteiger charge is -2.32. The highest BCUT2D eigenvalue weighted by Crippen LogP contribution is 2.42. The third-order valence-electron chi connectivity index (χ3n) is 4.93. The van der Waals surface area contributed by atoms with E-state index in [2.05, 4.69) is 22.3 Å². The number of rotatable bonds is 6. The second-order valence-corrected chi connectivity index (χ2v) is 7.87. The quantitative estimate of drug-likeness (QED) is 0.739. The second-order valence-electron chi connectivity index (χ2n) is 6.64. The number of carbonyl (C=O) groups is 1. The topological polar surface area (TPSA) is 78.3 Å². The summed E-state index contributed by atoms with van der Waals surface area (Å²) in [5.41, 5.74) is 2.68. The van der Waals surface area contributed by atoms with Gasteiger partial charge in [0.2, 0.25) is 11.1 Å². The maximum atomic E-state index is 12.9. The molecule has 0 fully saturated rings. The number of hydrogen-bond acceptors (Lipinski definition) is 7. The molecule has 1 aliphatic heterocycles. The first kappa shape index (κ1) is 18.9. The Bertz CT molecular complexity index is 938. The Morgan fingerprint density at radius 2 is 2.14 bits per heavy atom. The van der Waals surface area contributed by atoms with E-state index in [0.29, 0.717) is 35.6 Å². The van der Waals surface area contributed by atoms with Crippen molar-refractivity contribution in [3.05, 3.63) is 35.0 Å². The lowest BCUT2D eigenvalue weighted by Crippen LogP contribution is -2.31. The average Bonchev–Trinajstić information content (AvgIpc) is 3.09. The average molecular weight is 401 g/mol. The van der Waals surface area contributed by atoms with Gasteiger partial charge < -0.3 is 14.8 Å². The van der Waals surface area contributed by atoms with Crippen LogP contribution in [0.5, 0.6) is 11.5 Å². The van der Waals surface area contributed by atoms with E-state index in [0.717, 1.165) is 35.4 Å².